The molecule has 1 fully saturated rings. The van der Waals surface area contributed by atoms with Gasteiger partial charge in [-0.05, 0) is 54.7 Å². The van der Waals surface area contributed by atoms with Crippen molar-refractivity contribution < 1.29 is 13.2 Å². The van der Waals surface area contributed by atoms with Crippen LogP contribution in [-0.2, 0) is 14.8 Å². The van der Waals surface area contributed by atoms with Crippen LogP contribution in [0.5, 0.6) is 0 Å². The van der Waals surface area contributed by atoms with Crippen LogP contribution in [0, 0.1) is 0 Å². The number of sulfonamides is 1. The zero-order valence-electron chi connectivity index (χ0n) is 19.7. The molecule has 35 heavy (non-hydrogen) atoms. The lowest BCUT2D eigenvalue weighted by Gasteiger charge is -2.23. The first-order valence-electron chi connectivity index (χ1n) is 11.8. The van der Waals surface area contributed by atoms with Crippen LogP contribution >= 0.6 is 0 Å². The van der Waals surface area contributed by atoms with Crippen molar-refractivity contribution >= 4 is 32.7 Å². The molecule has 1 aliphatic heterocycles. The predicted octanol–water partition coefficient (Wildman–Crippen LogP) is 5.15. The number of aromatic nitrogens is 2. The van der Waals surface area contributed by atoms with Gasteiger partial charge in [-0.3, -0.25) is 4.79 Å². The largest absolute Gasteiger partial charge is 0.338 e. The summed E-state index contributed by atoms with van der Waals surface area (Å²) in [4.78, 5) is 21.0. The fourth-order valence-electron chi connectivity index (χ4n) is 4.48. The van der Waals surface area contributed by atoms with Crippen LogP contribution in [0.15, 0.2) is 77.7 Å². The first-order chi connectivity index (χ1) is 16.8. The van der Waals surface area contributed by atoms with Crippen molar-refractivity contribution in [1.29, 1.82) is 0 Å². The Morgan fingerprint density at radius 1 is 1.06 bits per heavy atom. The van der Waals surface area contributed by atoms with Gasteiger partial charge in [-0.2, -0.15) is 4.31 Å². The maximum Gasteiger partial charge on any atom is 0.243 e. The Hall–Kier alpha value is -3.49. The number of carbonyl (C=O) groups excluding carboxylic acids is 1. The molecular formula is C27H28N4O3S. The molecule has 3 aromatic carbocycles. The second-order valence-corrected chi connectivity index (χ2v) is 11.1. The van der Waals surface area contributed by atoms with E-state index in [9.17, 15) is 13.2 Å². The van der Waals surface area contributed by atoms with E-state index >= 15 is 0 Å². The number of imidazole rings is 1. The summed E-state index contributed by atoms with van der Waals surface area (Å²) in [6.45, 7) is 4.53. The Bertz CT molecular complexity index is 1460. The molecule has 180 valence electrons. The quantitative estimate of drug-likeness (QED) is 0.393. The highest BCUT2D eigenvalue weighted by Gasteiger charge is 2.39. The molecule has 0 spiro atoms. The Labute approximate surface area is 205 Å². The average Bonchev–Trinajstić information content (AvgIpc) is 3.52. The molecule has 0 saturated carbocycles. The zero-order chi connectivity index (χ0) is 24.6. The van der Waals surface area contributed by atoms with E-state index in [-0.39, 0.29) is 10.8 Å². The van der Waals surface area contributed by atoms with Gasteiger partial charge in [0.25, 0.3) is 0 Å². The molecule has 1 aromatic heterocycles. The molecule has 2 N–H and O–H groups in total. The maximum atomic E-state index is 13.6. The van der Waals surface area contributed by atoms with E-state index < -0.39 is 16.1 Å². The summed E-state index contributed by atoms with van der Waals surface area (Å²) < 4.78 is 28.4. The third kappa shape index (κ3) is 4.59. The molecule has 1 saturated heterocycles. The molecule has 1 atom stereocenters. The van der Waals surface area contributed by atoms with Gasteiger partial charge in [-0.1, -0.05) is 56.3 Å². The topological polar surface area (TPSA) is 95.2 Å². The Kier molecular flexibility index (Phi) is 6.17. The van der Waals surface area contributed by atoms with Gasteiger partial charge in [0.05, 0.1) is 15.9 Å². The lowest BCUT2D eigenvalue weighted by molar-refractivity contribution is -0.119. The molecule has 4 aromatic rings. The summed E-state index contributed by atoms with van der Waals surface area (Å²) in [5, 5.41) is 2.89. The fourth-order valence-corrected chi connectivity index (χ4v) is 6.17. The first kappa shape index (κ1) is 23.3. The van der Waals surface area contributed by atoms with Crippen LogP contribution in [-0.4, -0.2) is 41.2 Å². The number of benzene rings is 3. The minimum absolute atomic E-state index is 0.147. The first-order valence-corrected chi connectivity index (χ1v) is 13.2. The highest BCUT2D eigenvalue weighted by atomic mass is 32.2. The van der Waals surface area contributed by atoms with Gasteiger partial charge in [0.2, 0.25) is 15.9 Å². The molecule has 0 bridgehead atoms. The predicted molar refractivity (Wildman–Crippen MR) is 138 cm³/mol. The van der Waals surface area contributed by atoms with Crippen LogP contribution < -0.4 is 5.32 Å². The van der Waals surface area contributed by atoms with E-state index in [1.807, 2.05) is 54.6 Å². The zero-order valence-corrected chi connectivity index (χ0v) is 20.5. The van der Waals surface area contributed by atoms with Crippen molar-refractivity contribution in [3.63, 3.8) is 0 Å². The van der Waals surface area contributed by atoms with Crippen molar-refractivity contribution in [3.05, 3.63) is 78.4 Å². The smallest absolute Gasteiger partial charge is 0.243 e. The molecule has 8 heteroatoms. The van der Waals surface area contributed by atoms with E-state index in [1.165, 1.54) is 9.87 Å². The van der Waals surface area contributed by atoms with Crippen molar-refractivity contribution in [3.8, 4) is 11.4 Å². The lowest BCUT2D eigenvalue weighted by Crippen LogP contribution is -2.43. The van der Waals surface area contributed by atoms with Gasteiger partial charge in [0.1, 0.15) is 11.9 Å². The number of amides is 1. The summed E-state index contributed by atoms with van der Waals surface area (Å²) in [6.07, 6.45) is 1.12. The Morgan fingerprint density at radius 2 is 1.80 bits per heavy atom. The van der Waals surface area contributed by atoms with E-state index in [1.54, 1.807) is 18.2 Å². The maximum absolute atomic E-state index is 13.6. The number of aromatic amines is 1. The number of fused-ring (bicyclic) bond motifs is 1. The van der Waals surface area contributed by atoms with Crippen LogP contribution in [0.25, 0.3) is 22.4 Å². The summed E-state index contributed by atoms with van der Waals surface area (Å²) in [7, 11) is -3.87. The van der Waals surface area contributed by atoms with Gasteiger partial charge in [0.15, 0.2) is 0 Å². The van der Waals surface area contributed by atoms with Crippen LogP contribution in [0.4, 0.5) is 5.69 Å². The molecule has 0 aliphatic carbocycles. The highest BCUT2D eigenvalue weighted by Crippen LogP contribution is 2.29. The third-order valence-corrected chi connectivity index (χ3v) is 8.36. The minimum atomic E-state index is -3.87. The number of H-pyrrole nitrogens is 1. The van der Waals surface area contributed by atoms with Crippen molar-refractivity contribution in [2.45, 2.75) is 43.5 Å². The molecule has 1 aliphatic rings. The van der Waals surface area contributed by atoms with E-state index in [0.29, 0.717) is 47.8 Å². The number of rotatable bonds is 6. The number of hydrogen-bond acceptors (Lipinski definition) is 4. The summed E-state index contributed by atoms with van der Waals surface area (Å²) in [5.41, 5.74) is 4.08. The summed E-state index contributed by atoms with van der Waals surface area (Å²) in [6, 6.07) is 21.5. The normalized spacial score (nSPS) is 16.7. The SMILES string of the molecule is CC(C)c1ccc(NC(=O)[C@@H]2CCCN2S(=O)(=O)c2ccc3nc(-c4ccccc4)[nH]c3c2)cc1. The second kappa shape index (κ2) is 9.28. The van der Waals surface area contributed by atoms with Crippen LogP contribution in [0.1, 0.15) is 38.2 Å². The molecule has 1 amide bonds. The van der Waals surface area contributed by atoms with E-state index in [2.05, 4.69) is 29.1 Å². The minimum Gasteiger partial charge on any atom is -0.338 e. The van der Waals surface area contributed by atoms with Crippen molar-refractivity contribution in [2.75, 3.05) is 11.9 Å². The molecular weight excluding hydrogens is 460 g/mol. The molecule has 7 nitrogen and oxygen atoms in total. The monoisotopic (exact) mass is 488 g/mol. The van der Waals surface area contributed by atoms with Gasteiger partial charge >= 0.3 is 0 Å². The molecule has 5 rings (SSSR count). The standard InChI is InChI=1S/C27H28N4O3S/c1-18(2)19-10-12-21(13-11-19)28-27(32)25-9-6-16-31(25)35(33,34)22-14-15-23-24(17-22)30-26(29-23)20-7-4-3-5-8-20/h3-5,7-8,10-15,17-18,25H,6,9,16H2,1-2H3,(H,28,32)(H,29,30)/t25-/m0/s1. The lowest BCUT2D eigenvalue weighted by atomic mass is 10.0. The number of carbonyl (C=O) groups is 1. The highest BCUT2D eigenvalue weighted by molar-refractivity contribution is 7.89. The second-order valence-electron chi connectivity index (χ2n) is 9.17. The third-order valence-electron chi connectivity index (χ3n) is 6.46. The number of hydrogen-bond donors (Lipinski definition) is 2. The van der Waals surface area contributed by atoms with E-state index in [0.717, 1.165) is 5.56 Å². The van der Waals surface area contributed by atoms with Gasteiger partial charge in [-0.25, -0.2) is 13.4 Å². The Morgan fingerprint density at radius 3 is 2.51 bits per heavy atom. The van der Waals surface area contributed by atoms with Gasteiger partial charge in [-0.15, -0.1) is 0 Å². The fraction of sp³-hybridized carbons (Fsp3) is 0.259. The van der Waals surface area contributed by atoms with Gasteiger partial charge < -0.3 is 10.3 Å². The van der Waals surface area contributed by atoms with Crippen molar-refractivity contribution in [1.82, 2.24) is 14.3 Å². The van der Waals surface area contributed by atoms with Crippen LogP contribution in [0.2, 0.25) is 0 Å². The Balaban J connectivity index is 1.38. The van der Waals surface area contributed by atoms with Crippen LogP contribution in [0.3, 0.4) is 0 Å². The van der Waals surface area contributed by atoms with E-state index in [4.69, 9.17) is 0 Å². The molecule has 0 unspecified atom stereocenters. The average molecular weight is 489 g/mol. The van der Waals surface area contributed by atoms with Gasteiger partial charge in [0, 0.05) is 17.8 Å². The number of nitrogens with one attached hydrogen (secondary N) is 2. The van der Waals surface area contributed by atoms with Crippen molar-refractivity contribution in [2.24, 2.45) is 0 Å². The molecule has 0 radical (unpaired) electrons. The molecule has 2 heterocycles. The number of nitrogens with zero attached hydrogens (tertiary/aromatic N) is 2. The summed E-state index contributed by atoms with van der Waals surface area (Å²) in [5.74, 6) is 0.764. The number of anilines is 1. The summed E-state index contributed by atoms with van der Waals surface area (Å²) >= 11 is 0.